The SMILES string of the molecule is C#[SH]1C2=C(B3c4cc5c(cc4N(c4ccc6c(c4)C(C)(C)CCC6(C)C)c4cc(-c6ccc7c(c6)C(C)(C)CCC7(C)C)cc(c43)N2c2ccc3c(c2)C(C)(C)CCC3(C)C)C(C)(C)CCC5(C)C)C2=C1C(C)(C)CCC2(C)C. The van der Waals surface area contributed by atoms with Crippen molar-refractivity contribution in [3.8, 4) is 16.8 Å². The average Bonchev–Trinajstić information content (AvgIpc) is 2.55. The molecule has 0 fully saturated rings. The van der Waals surface area contributed by atoms with Crippen molar-refractivity contribution in [3.63, 3.8) is 0 Å². The highest BCUT2D eigenvalue weighted by atomic mass is 32.2. The monoisotopic (exact) mass is 1070 g/mol. The number of thiol groups is 1. The van der Waals surface area contributed by atoms with E-state index < -0.39 is 10.3 Å². The molecule has 0 saturated heterocycles. The first kappa shape index (κ1) is 53.7. The van der Waals surface area contributed by atoms with Crippen molar-refractivity contribution in [3.05, 3.63) is 144 Å². The maximum absolute atomic E-state index is 8.35. The molecule has 79 heavy (non-hydrogen) atoms. The van der Waals surface area contributed by atoms with Gasteiger partial charge in [-0.2, -0.15) is 0 Å². The fraction of sp³-hybridized carbons (Fsp3) is 0.533. The summed E-state index contributed by atoms with van der Waals surface area (Å²) in [5.41, 5.74) is 36.0. The van der Waals surface area contributed by atoms with Crippen LogP contribution in [0.5, 0.6) is 0 Å². The number of benzene rings is 5. The normalized spacial score (nSPS) is 25.7. The lowest BCUT2D eigenvalue weighted by Gasteiger charge is -2.49. The molecule has 8 aliphatic rings. The number of allylic oxidation sites excluding steroid dienone is 3. The molecule has 4 heteroatoms. The zero-order valence-electron chi connectivity index (χ0n) is 52.6. The summed E-state index contributed by atoms with van der Waals surface area (Å²) in [6, 6.07) is 33.8. The number of fused-ring (bicyclic) bond motifs is 8. The van der Waals surface area contributed by atoms with Crippen molar-refractivity contribution in [2.45, 2.75) is 246 Å². The standard InChI is InChI=1S/C75H95BN2S/c1-66(2)28-31-69(7,8)52-38-45(22-25-49(52)66)46-39-59-62-60(40-46)78(48-24-27-51-54(42-48)71(11,12)33-30-68(51,5)6)65-63(61-64(79(65)21)75(19,20)37-36-74(61,17)18)76(62)57-43-55-56(73(15,16)35-34-72(55,13)14)44-58(57)77(59)47-23-26-50-53(41-47)70(9,10)32-29-67(50,3)4/h21-27,38-44,79H,28-37H2,1-20H3. The van der Waals surface area contributed by atoms with E-state index >= 15 is 0 Å². The lowest BCUT2D eigenvalue weighted by Crippen LogP contribution is -2.57. The molecule has 1 atom stereocenters. The fourth-order valence-corrected chi connectivity index (χ4v) is 19.8. The van der Waals surface area contributed by atoms with Crippen molar-refractivity contribution in [1.29, 1.82) is 0 Å². The Hall–Kier alpha value is -4.63. The van der Waals surface area contributed by atoms with E-state index in [1.54, 1.807) is 5.57 Å². The van der Waals surface area contributed by atoms with E-state index in [9.17, 15) is 0 Å². The molecule has 0 aromatic heterocycles. The quantitative estimate of drug-likeness (QED) is 0.142. The van der Waals surface area contributed by atoms with Crippen molar-refractivity contribution in [2.24, 2.45) is 10.8 Å². The predicted octanol–water partition coefficient (Wildman–Crippen LogP) is 19.7. The second kappa shape index (κ2) is 16.3. The molecule has 13 rings (SSSR count). The minimum atomic E-state index is -1.22. The van der Waals surface area contributed by atoms with E-state index in [4.69, 9.17) is 5.69 Å². The molecule has 5 aliphatic carbocycles. The van der Waals surface area contributed by atoms with E-state index in [1.807, 2.05) is 0 Å². The molecule has 3 aliphatic heterocycles. The second-order valence-electron chi connectivity index (χ2n) is 33.4. The number of hydrogen-bond donors (Lipinski definition) is 1. The molecule has 1 unspecified atom stereocenters. The summed E-state index contributed by atoms with van der Waals surface area (Å²) in [5.74, 6) is 0. The van der Waals surface area contributed by atoms with Crippen molar-refractivity contribution in [1.82, 2.24) is 0 Å². The van der Waals surface area contributed by atoms with Gasteiger partial charge in [0.15, 0.2) is 0 Å². The highest BCUT2D eigenvalue weighted by molar-refractivity contribution is 8.14. The molecule has 0 amide bonds. The molecular formula is C75H95BN2S. The molecule has 5 aromatic rings. The van der Waals surface area contributed by atoms with E-state index in [2.05, 4.69) is 227 Å². The Balaban J connectivity index is 1.20. The highest BCUT2D eigenvalue weighted by Crippen LogP contribution is 2.67. The van der Waals surface area contributed by atoms with Gasteiger partial charge in [-0.1, -0.05) is 175 Å². The Kier molecular flexibility index (Phi) is 11.1. The largest absolute Gasteiger partial charge is 0.311 e. The van der Waals surface area contributed by atoms with Gasteiger partial charge >= 0.3 is 0 Å². The summed E-state index contributed by atoms with van der Waals surface area (Å²) >= 11 is 0. The van der Waals surface area contributed by atoms with Crippen LogP contribution in [0.1, 0.15) is 247 Å². The van der Waals surface area contributed by atoms with Crippen LogP contribution in [0.4, 0.5) is 28.4 Å². The smallest absolute Gasteiger partial charge is 0.253 e. The molecule has 0 spiro atoms. The van der Waals surface area contributed by atoms with Crippen LogP contribution in [0.3, 0.4) is 0 Å². The van der Waals surface area contributed by atoms with E-state index in [0.29, 0.717) is 0 Å². The van der Waals surface area contributed by atoms with E-state index in [0.717, 1.165) is 12.8 Å². The Bertz CT molecular complexity index is 3680. The Morgan fingerprint density at radius 2 is 0.722 bits per heavy atom. The third-order valence-electron chi connectivity index (χ3n) is 23.2. The first-order valence-corrected chi connectivity index (χ1v) is 32.4. The van der Waals surface area contributed by atoms with E-state index in [-0.39, 0.29) is 60.9 Å². The molecule has 2 nitrogen and oxygen atoms in total. The molecule has 0 bridgehead atoms. The van der Waals surface area contributed by atoms with Gasteiger partial charge in [0, 0.05) is 28.4 Å². The number of nitrogens with zero attached hydrogens (tertiary/aromatic N) is 2. The van der Waals surface area contributed by atoms with Gasteiger partial charge in [-0.3, -0.25) is 0 Å². The lowest BCUT2D eigenvalue weighted by atomic mass is 9.31. The van der Waals surface area contributed by atoms with Gasteiger partial charge in [-0.25, -0.2) is 0 Å². The van der Waals surface area contributed by atoms with Gasteiger partial charge in [-0.05, 0) is 243 Å². The van der Waals surface area contributed by atoms with Crippen molar-refractivity contribution >= 4 is 56.4 Å². The summed E-state index contributed by atoms with van der Waals surface area (Å²) < 4.78 is 0. The Labute approximate surface area is 481 Å². The molecule has 0 saturated carbocycles. The van der Waals surface area contributed by atoms with Gasteiger partial charge in [-0.15, -0.1) is 16.0 Å². The fourth-order valence-electron chi connectivity index (χ4n) is 17.3. The maximum Gasteiger partial charge on any atom is 0.253 e. The average molecular weight is 1070 g/mol. The summed E-state index contributed by atoms with van der Waals surface area (Å²) in [6.45, 7) is 50.1. The summed E-state index contributed by atoms with van der Waals surface area (Å²) in [4.78, 5) is 7.12. The van der Waals surface area contributed by atoms with Crippen LogP contribution in [0, 0.1) is 16.5 Å². The summed E-state index contributed by atoms with van der Waals surface area (Å²) in [6.07, 6.45) is 11.7. The van der Waals surface area contributed by atoms with Crippen LogP contribution in [0.2, 0.25) is 0 Å². The minimum absolute atomic E-state index is 0.00109. The number of hydrogen-bond acceptors (Lipinski definition) is 2. The number of rotatable bonds is 3. The molecular weight excluding hydrogens is 972 g/mol. The third-order valence-corrected chi connectivity index (χ3v) is 25.5. The van der Waals surface area contributed by atoms with Crippen LogP contribution in [0.15, 0.2) is 99.8 Å². The Morgan fingerprint density at radius 3 is 1.20 bits per heavy atom. The Morgan fingerprint density at radius 1 is 0.354 bits per heavy atom. The first-order valence-electron chi connectivity index (χ1n) is 31.0. The zero-order chi connectivity index (χ0) is 56.7. The van der Waals surface area contributed by atoms with Gasteiger partial charge in [0.05, 0.1) is 5.03 Å². The second-order valence-corrected chi connectivity index (χ2v) is 35.0. The van der Waals surface area contributed by atoms with Gasteiger partial charge < -0.3 is 9.80 Å². The van der Waals surface area contributed by atoms with Crippen LogP contribution in [-0.2, 0) is 43.3 Å². The van der Waals surface area contributed by atoms with Crippen LogP contribution < -0.4 is 20.7 Å². The van der Waals surface area contributed by atoms with E-state index in [1.165, 1.54) is 162 Å². The van der Waals surface area contributed by atoms with Gasteiger partial charge in [0.25, 0.3) is 6.71 Å². The number of anilines is 5. The third kappa shape index (κ3) is 7.63. The topological polar surface area (TPSA) is 6.48 Å². The van der Waals surface area contributed by atoms with Crippen molar-refractivity contribution in [2.75, 3.05) is 9.80 Å². The predicted molar refractivity (Wildman–Crippen MR) is 346 cm³/mol. The summed E-state index contributed by atoms with van der Waals surface area (Å²) in [5, 5.41) is 1.37. The summed E-state index contributed by atoms with van der Waals surface area (Å²) in [7, 11) is -1.22. The highest BCUT2D eigenvalue weighted by Gasteiger charge is 2.56. The molecule has 414 valence electrons. The zero-order valence-corrected chi connectivity index (χ0v) is 53.5. The first-order chi connectivity index (χ1) is 36.5. The van der Waals surface area contributed by atoms with Gasteiger partial charge in [0.1, 0.15) is 0 Å². The van der Waals surface area contributed by atoms with Crippen LogP contribution in [0.25, 0.3) is 11.1 Å². The lowest BCUT2D eigenvalue weighted by molar-refractivity contribution is 0.280. The van der Waals surface area contributed by atoms with Crippen LogP contribution >= 0.6 is 10.3 Å². The van der Waals surface area contributed by atoms with Gasteiger partial charge in [0.2, 0.25) is 0 Å². The molecule has 5 aromatic carbocycles. The van der Waals surface area contributed by atoms with Crippen molar-refractivity contribution < 1.29 is 0 Å². The molecule has 3 heterocycles. The molecule has 0 radical (unpaired) electrons. The molecule has 0 N–H and O–H groups in total. The minimum Gasteiger partial charge on any atom is -0.311 e. The van der Waals surface area contributed by atoms with Crippen LogP contribution in [-0.4, -0.2) is 6.71 Å². The maximum atomic E-state index is 8.35.